The van der Waals surface area contributed by atoms with Crippen molar-refractivity contribution >= 4 is 11.9 Å². The van der Waals surface area contributed by atoms with Gasteiger partial charge in [0.2, 0.25) is 0 Å². The summed E-state index contributed by atoms with van der Waals surface area (Å²) in [5.41, 5.74) is -0.0884. The molecular formula is C20H26O6. The number of esters is 2. The minimum Gasteiger partial charge on any atom is -0.461 e. The van der Waals surface area contributed by atoms with Gasteiger partial charge in [-0.3, -0.25) is 4.79 Å². The Labute approximate surface area is 153 Å². The monoisotopic (exact) mass is 362 g/mol. The van der Waals surface area contributed by atoms with Crippen molar-refractivity contribution in [2.24, 2.45) is 23.2 Å². The van der Waals surface area contributed by atoms with E-state index >= 15 is 0 Å². The minimum absolute atomic E-state index is 0.00936. The van der Waals surface area contributed by atoms with Crippen LogP contribution in [0.5, 0.6) is 0 Å². The summed E-state index contributed by atoms with van der Waals surface area (Å²) in [5, 5.41) is 0. The number of carbonyl (C=O) groups excluding carboxylic acids is 2. The summed E-state index contributed by atoms with van der Waals surface area (Å²) in [7, 11) is 0. The Morgan fingerprint density at radius 2 is 2.08 bits per heavy atom. The van der Waals surface area contributed by atoms with Gasteiger partial charge in [-0.2, -0.15) is 0 Å². The van der Waals surface area contributed by atoms with Gasteiger partial charge in [-0.15, -0.1) is 0 Å². The Kier molecular flexibility index (Phi) is 3.29. The molecule has 3 aliphatic heterocycles. The SMILES string of the molecule is C/C=C(/C)C(=O)O[C@H]1[C@@H]2O[C@@H]2[C@@]2(CO2)[C@@H]2[C@@H]3OC(=O)[C@@H](C)[C@@H]3CC[C@]21C. The molecule has 142 valence electrons. The molecule has 0 bridgehead atoms. The Morgan fingerprint density at radius 1 is 1.35 bits per heavy atom. The molecule has 0 unspecified atom stereocenters. The van der Waals surface area contributed by atoms with Crippen molar-refractivity contribution in [1.29, 1.82) is 0 Å². The van der Waals surface area contributed by atoms with Crippen molar-refractivity contribution in [3.8, 4) is 0 Å². The van der Waals surface area contributed by atoms with Gasteiger partial charge in [0.25, 0.3) is 0 Å². The topological polar surface area (TPSA) is 77.7 Å². The van der Waals surface area contributed by atoms with Crippen molar-refractivity contribution in [3.05, 3.63) is 11.6 Å². The summed E-state index contributed by atoms with van der Waals surface area (Å²) in [4.78, 5) is 24.7. The molecule has 3 heterocycles. The normalized spacial score (nSPS) is 54.1. The molecule has 5 rings (SSSR count). The molecule has 26 heavy (non-hydrogen) atoms. The molecule has 6 heteroatoms. The van der Waals surface area contributed by atoms with Gasteiger partial charge in [0, 0.05) is 22.8 Å². The molecule has 6 nitrogen and oxygen atoms in total. The molecular weight excluding hydrogens is 336 g/mol. The van der Waals surface area contributed by atoms with E-state index in [0.29, 0.717) is 12.2 Å². The highest BCUT2D eigenvalue weighted by molar-refractivity contribution is 5.87. The lowest BCUT2D eigenvalue weighted by molar-refractivity contribution is -0.182. The highest BCUT2D eigenvalue weighted by atomic mass is 16.7. The third-order valence-electron chi connectivity index (χ3n) is 7.69. The minimum atomic E-state index is -0.369. The van der Waals surface area contributed by atoms with Gasteiger partial charge in [-0.25, -0.2) is 4.79 Å². The van der Waals surface area contributed by atoms with Crippen LogP contribution in [-0.2, 0) is 28.5 Å². The standard InChI is InChI=1S/C20H26O6/c1-5-9(2)17(21)26-15-13-16(24-13)20(8-23-20)14-12-11(6-7-19(14,15)4)10(3)18(22)25-12/h5,10-16H,6-8H2,1-4H3/b9-5-/t10-,11-,12+,13-,14+,15-,16-,19+,20+/m0/s1. The van der Waals surface area contributed by atoms with Crippen molar-refractivity contribution in [3.63, 3.8) is 0 Å². The van der Waals surface area contributed by atoms with E-state index in [0.717, 1.165) is 12.8 Å². The van der Waals surface area contributed by atoms with Crippen LogP contribution in [0.3, 0.4) is 0 Å². The van der Waals surface area contributed by atoms with Crippen LogP contribution < -0.4 is 0 Å². The summed E-state index contributed by atoms with van der Waals surface area (Å²) in [6.45, 7) is 8.35. The number of fused-ring (bicyclic) bond motifs is 6. The van der Waals surface area contributed by atoms with E-state index in [1.54, 1.807) is 13.0 Å². The lowest BCUT2D eigenvalue weighted by Gasteiger charge is -2.53. The second-order valence-electron chi connectivity index (χ2n) is 8.94. The summed E-state index contributed by atoms with van der Waals surface area (Å²) in [6.07, 6.45) is 2.87. The molecule has 3 saturated heterocycles. The largest absolute Gasteiger partial charge is 0.461 e. The first-order valence-electron chi connectivity index (χ1n) is 9.67. The lowest BCUT2D eigenvalue weighted by Crippen LogP contribution is -2.63. The lowest BCUT2D eigenvalue weighted by atomic mass is 9.51. The van der Waals surface area contributed by atoms with Crippen LogP contribution in [0.25, 0.3) is 0 Å². The van der Waals surface area contributed by atoms with E-state index in [4.69, 9.17) is 18.9 Å². The molecule has 0 aromatic heterocycles. The smallest absolute Gasteiger partial charge is 0.333 e. The third-order valence-corrected chi connectivity index (χ3v) is 7.69. The maximum Gasteiger partial charge on any atom is 0.333 e. The van der Waals surface area contributed by atoms with Crippen molar-refractivity contribution in [2.45, 2.75) is 70.6 Å². The van der Waals surface area contributed by atoms with E-state index < -0.39 is 0 Å². The van der Waals surface area contributed by atoms with E-state index in [1.165, 1.54) is 0 Å². The molecule has 1 spiro atoms. The molecule has 0 amide bonds. The second kappa shape index (κ2) is 5.10. The fraction of sp³-hybridized carbons (Fsp3) is 0.800. The fourth-order valence-electron chi connectivity index (χ4n) is 5.94. The van der Waals surface area contributed by atoms with Gasteiger partial charge in [0.15, 0.2) is 0 Å². The van der Waals surface area contributed by atoms with Gasteiger partial charge in [0.05, 0.1) is 12.5 Å². The first-order valence-corrected chi connectivity index (χ1v) is 9.67. The van der Waals surface area contributed by atoms with Gasteiger partial charge in [-0.1, -0.05) is 19.9 Å². The zero-order chi connectivity index (χ0) is 18.4. The van der Waals surface area contributed by atoms with Crippen LogP contribution in [-0.4, -0.2) is 48.6 Å². The maximum absolute atomic E-state index is 12.5. The number of rotatable bonds is 2. The summed E-state index contributed by atoms with van der Waals surface area (Å²) < 4.78 is 23.8. The first-order chi connectivity index (χ1) is 12.3. The molecule has 5 aliphatic rings. The van der Waals surface area contributed by atoms with E-state index in [-0.39, 0.29) is 65.1 Å². The molecule has 9 atom stereocenters. The molecule has 2 saturated carbocycles. The van der Waals surface area contributed by atoms with Crippen LogP contribution >= 0.6 is 0 Å². The highest BCUT2D eigenvalue weighted by Gasteiger charge is 2.82. The predicted molar refractivity (Wildman–Crippen MR) is 90.0 cm³/mol. The van der Waals surface area contributed by atoms with Crippen LogP contribution in [0.1, 0.15) is 40.5 Å². The van der Waals surface area contributed by atoms with Crippen molar-refractivity contribution in [1.82, 2.24) is 0 Å². The fourth-order valence-corrected chi connectivity index (χ4v) is 5.94. The van der Waals surface area contributed by atoms with E-state index in [1.807, 2.05) is 13.8 Å². The molecule has 2 aliphatic carbocycles. The van der Waals surface area contributed by atoms with Crippen molar-refractivity contribution in [2.75, 3.05) is 6.61 Å². The Hall–Kier alpha value is -1.40. The zero-order valence-electron chi connectivity index (χ0n) is 15.7. The highest BCUT2D eigenvalue weighted by Crippen LogP contribution is 2.68. The Morgan fingerprint density at radius 3 is 2.73 bits per heavy atom. The molecule has 0 aromatic carbocycles. The van der Waals surface area contributed by atoms with Crippen molar-refractivity contribution < 1.29 is 28.5 Å². The molecule has 0 aromatic rings. The number of hydrogen-bond acceptors (Lipinski definition) is 6. The number of epoxide rings is 2. The van der Waals surface area contributed by atoms with E-state index in [9.17, 15) is 9.59 Å². The summed E-state index contributed by atoms with van der Waals surface area (Å²) in [6, 6.07) is 0. The van der Waals surface area contributed by atoms with E-state index in [2.05, 4.69) is 6.92 Å². The molecule has 0 radical (unpaired) electrons. The van der Waals surface area contributed by atoms with Gasteiger partial charge < -0.3 is 18.9 Å². The van der Waals surface area contributed by atoms with Crippen LogP contribution in [0, 0.1) is 23.2 Å². The number of allylic oxidation sites excluding steroid dienone is 1. The Bertz CT molecular complexity index is 709. The number of carbonyl (C=O) groups is 2. The summed E-state index contributed by atoms with van der Waals surface area (Å²) >= 11 is 0. The average Bonchev–Trinajstić information content (AvgIpc) is 3.51. The second-order valence-corrected chi connectivity index (χ2v) is 8.94. The quantitative estimate of drug-likeness (QED) is 0.425. The predicted octanol–water partition coefficient (Wildman–Crippen LogP) is 2.01. The third kappa shape index (κ3) is 1.95. The van der Waals surface area contributed by atoms with Crippen LogP contribution in [0.4, 0.5) is 0 Å². The van der Waals surface area contributed by atoms with Gasteiger partial charge in [-0.05, 0) is 26.7 Å². The van der Waals surface area contributed by atoms with Crippen LogP contribution in [0.15, 0.2) is 11.6 Å². The number of hydrogen-bond donors (Lipinski definition) is 0. The first kappa shape index (κ1) is 16.8. The van der Waals surface area contributed by atoms with Gasteiger partial charge in [0.1, 0.15) is 30.0 Å². The molecule has 5 fully saturated rings. The molecule has 0 N–H and O–H groups in total. The Balaban J connectivity index is 1.52. The van der Waals surface area contributed by atoms with Crippen LogP contribution in [0.2, 0.25) is 0 Å². The van der Waals surface area contributed by atoms with Gasteiger partial charge >= 0.3 is 11.9 Å². The average molecular weight is 362 g/mol. The summed E-state index contributed by atoms with van der Waals surface area (Å²) in [5.74, 6) is -0.263. The maximum atomic E-state index is 12.5. The number of ether oxygens (including phenoxy) is 4. The zero-order valence-corrected chi connectivity index (χ0v) is 15.7.